The predicted octanol–water partition coefficient (Wildman–Crippen LogP) is 7.38. The number of aryl methyl sites for hydroxylation is 1. The monoisotopic (exact) mass is 523 g/mol. The Hall–Kier alpha value is -2.61. The number of rotatable bonds is 13. The van der Waals surface area contributed by atoms with Crippen molar-refractivity contribution in [3.8, 4) is 5.75 Å². The van der Waals surface area contributed by atoms with Gasteiger partial charge in [0.2, 0.25) is 0 Å². The van der Waals surface area contributed by atoms with Crippen LogP contribution >= 0.6 is 12.1 Å². The number of methoxy groups -OCH3 is 1. The first-order valence-electron chi connectivity index (χ1n) is 13.2. The molecule has 0 bridgehead atoms. The smallest absolute Gasteiger partial charge is 0.166 e. The maximum Gasteiger partial charge on any atom is 0.166 e. The van der Waals surface area contributed by atoms with E-state index in [1.165, 1.54) is 34.2 Å². The number of nitrogens with one attached hydrogen (secondary N) is 3. The Morgan fingerprint density at radius 1 is 1.08 bits per heavy atom. The van der Waals surface area contributed by atoms with Gasteiger partial charge in [0.1, 0.15) is 0 Å². The van der Waals surface area contributed by atoms with E-state index in [2.05, 4.69) is 109 Å². The van der Waals surface area contributed by atoms with Gasteiger partial charge in [0, 0.05) is 31.1 Å². The van der Waals surface area contributed by atoms with E-state index in [1.54, 1.807) is 7.11 Å². The highest BCUT2D eigenvalue weighted by Gasteiger charge is 2.21. The molecule has 0 aliphatic rings. The van der Waals surface area contributed by atoms with Crippen molar-refractivity contribution in [2.24, 2.45) is 7.05 Å². The number of anilines is 2. The number of hydrogen-bond acceptors (Lipinski definition) is 6. The average Bonchev–Trinajstić information content (AvgIpc) is 3.19. The Balaban J connectivity index is 2.01. The van der Waals surface area contributed by atoms with Gasteiger partial charge < -0.3 is 19.3 Å². The van der Waals surface area contributed by atoms with Crippen molar-refractivity contribution in [2.75, 3.05) is 37.3 Å². The highest BCUT2D eigenvalue weighted by atomic mass is 32.2. The minimum absolute atomic E-state index is 0.0256. The van der Waals surface area contributed by atoms with E-state index in [4.69, 9.17) is 4.74 Å². The summed E-state index contributed by atoms with van der Waals surface area (Å²) in [6, 6.07) is 13.2. The molecule has 202 valence electrons. The van der Waals surface area contributed by atoms with E-state index in [0.717, 1.165) is 61.0 Å². The van der Waals surface area contributed by atoms with Gasteiger partial charge >= 0.3 is 0 Å². The van der Waals surface area contributed by atoms with Crippen molar-refractivity contribution in [3.05, 3.63) is 59.8 Å². The van der Waals surface area contributed by atoms with Crippen LogP contribution in [0.25, 0.3) is 16.6 Å². The molecule has 0 saturated carbocycles. The van der Waals surface area contributed by atoms with Gasteiger partial charge in [-0.3, -0.25) is 4.90 Å². The molecule has 0 atom stereocenters. The molecule has 7 heteroatoms. The van der Waals surface area contributed by atoms with E-state index < -0.39 is 0 Å². The summed E-state index contributed by atoms with van der Waals surface area (Å²) in [5.74, 6) is 0.756. The zero-order chi connectivity index (χ0) is 27.2. The van der Waals surface area contributed by atoms with E-state index in [1.807, 2.05) is 7.05 Å². The van der Waals surface area contributed by atoms with Gasteiger partial charge in [-0.2, -0.15) is 0 Å². The van der Waals surface area contributed by atoms with Crippen LogP contribution in [0.3, 0.4) is 0 Å². The van der Waals surface area contributed by atoms with E-state index >= 15 is 0 Å². The minimum Gasteiger partial charge on any atom is -0.492 e. The molecular weight excluding hydrogens is 478 g/mol. The van der Waals surface area contributed by atoms with Gasteiger partial charge in [0.25, 0.3) is 0 Å². The van der Waals surface area contributed by atoms with Crippen molar-refractivity contribution < 1.29 is 4.74 Å². The summed E-state index contributed by atoms with van der Waals surface area (Å²) in [6.45, 7) is 18.8. The number of nitrogens with zero attached hydrogens (tertiary/aromatic N) is 2. The van der Waals surface area contributed by atoms with Crippen LogP contribution in [0.4, 0.5) is 11.4 Å². The number of hydrogen-bond donors (Lipinski definition) is 3. The van der Waals surface area contributed by atoms with Crippen LogP contribution in [0.5, 0.6) is 5.75 Å². The maximum atomic E-state index is 5.86. The van der Waals surface area contributed by atoms with Crippen LogP contribution in [0.1, 0.15) is 64.3 Å². The Morgan fingerprint density at radius 2 is 1.76 bits per heavy atom. The largest absolute Gasteiger partial charge is 0.492 e. The third-order valence-electron chi connectivity index (χ3n) is 6.63. The molecule has 2 aromatic carbocycles. The molecule has 0 fully saturated rings. The number of fused-ring (bicyclic) bond motifs is 1. The maximum absolute atomic E-state index is 5.86. The van der Waals surface area contributed by atoms with Gasteiger partial charge in [0.05, 0.1) is 35.4 Å². The minimum atomic E-state index is -0.0256. The van der Waals surface area contributed by atoms with Crippen LogP contribution in [-0.2, 0) is 19.0 Å². The van der Waals surface area contributed by atoms with Crippen molar-refractivity contribution in [2.45, 2.75) is 59.4 Å². The second-order valence-corrected chi connectivity index (χ2v) is 11.4. The lowest BCUT2D eigenvalue weighted by molar-refractivity contribution is 0.267. The summed E-state index contributed by atoms with van der Waals surface area (Å²) in [4.78, 5) is 2.55. The molecule has 1 aromatic heterocycles. The standard InChI is InChI=1S/C30H45N5OS/c1-10-15-35(16-11-2)20-23-14-12-13-22-17-27(34(8)28(22)23)21(3)32-25-18-24(30(4,5)6)19-26(29(25)36-9)33-37-31-7/h12-14,17-19,31-33H,3,10-11,15-16,20H2,1-2,4-9H3. The molecule has 6 nitrogen and oxygen atoms in total. The van der Waals surface area contributed by atoms with Crippen molar-refractivity contribution in [3.63, 3.8) is 0 Å². The molecule has 3 rings (SSSR count). The Morgan fingerprint density at radius 3 is 2.35 bits per heavy atom. The molecule has 3 N–H and O–H groups in total. The summed E-state index contributed by atoms with van der Waals surface area (Å²) in [5, 5.41) is 4.82. The fourth-order valence-corrected chi connectivity index (χ4v) is 5.21. The first-order chi connectivity index (χ1) is 17.6. The second-order valence-electron chi connectivity index (χ2n) is 10.6. The first-order valence-corrected chi connectivity index (χ1v) is 14.0. The molecule has 0 saturated heterocycles. The highest BCUT2D eigenvalue weighted by molar-refractivity contribution is 7.98. The Labute approximate surface area is 228 Å². The predicted molar refractivity (Wildman–Crippen MR) is 163 cm³/mol. The van der Waals surface area contributed by atoms with Gasteiger partial charge in [-0.15, -0.1) is 0 Å². The SMILES string of the molecule is C=C(Nc1cc(C(C)(C)C)cc(NSNC)c1OC)c1cc2cccc(CN(CCC)CCC)c2n1C. The highest BCUT2D eigenvalue weighted by Crippen LogP contribution is 2.41. The van der Waals surface area contributed by atoms with Crippen molar-refractivity contribution in [1.29, 1.82) is 0 Å². The van der Waals surface area contributed by atoms with E-state index in [0.29, 0.717) is 0 Å². The Kier molecular flexibility index (Phi) is 9.99. The van der Waals surface area contributed by atoms with E-state index in [9.17, 15) is 0 Å². The normalized spacial score (nSPS) is 11.8. The van der Waals surface area contributed by atoms with Crippen molar-refractivity contribution in [1.82, 2.24) is 14.2 Å². The van der Waals surface area contributed by atoms with Gasteiger partial charge in [0.15, 0.2) is 5.75 Å². The molecule has 3 aromatic rings. The van der Waals surface area contributed by atoms with E-state index in [-0.39, 0.29) is 5.41 Å². The number of aromatic nitrogens is 1. The molecule has 0 amide bonds. The number of ether oxygens (including phenoxy) is 1. The number of para-hydroxylation sites is 1. The summed E-state index contributed by atoms with van der Waals surface area (Å²) in [7, 11) is 5.73. The summed E-state index contributed by atoms with van der Waals surface area (Å²) >= 11 is 1.41. The fraction of sp³-hybridized carbons (Fsp3) is 0.467. The topological polar surface area (TPSA) is 53.5 Å². The fourth-order valence-electron chi connectivity index (χ4n) is 4.84. The van der Waals surface area contributed by atoms with Gasteiger partial charge in [-0.25, -0.2) is 4.72 Å². The molecule has 1 heterocycles. The molecular formula is C30H45N5OS. The molecule has 37 heavy (non-hydrogen) atoms. The van der Waals surface area contributed by atoms with Crippen LogP contribution in [-0.4, -0.2) is 36.7 Å². The molecule has 0 spiro atoms. The van der Waals surface area contributed by atoms with Crippen molar-refractivity contribution >= 4 is 40.1 Å². The molecule has 0 unspecified atom stereocenters. The van der Waals surface area contributed by atoms with Crippen LogP contribution < -0.4 is 19.5 Å². The first kappa shape index (κ1) is 29.0. The quantitative estimate of drug-likeness (QED) is 0.203. The summed E-state index contributed by atoms with van der Waals surface area (Å²) < 4.78 is 14.6. The third kappa shape index (κ3) is 6.83. The van der Waals surface area contributed by atoms with Gasteiger partial charge in [-0.05, 0) is 67.7 Å². The third-order valence-corrected chi connectivity index (χ3v) is 7.16. The van der Waals surface area contributed by atoms with Crippen LogP contribution in [0.2, 0.25) is 0 Å². The molecule has 0 aliphatic carbocycles. The van der Waals surface area contributed by atoms with Gasteiger partial charge in [-0.1, -0.05) is 59.4 Å². The average molecular weight is 524 g/mol. The second kappa shape index (κ2) is 12.8. The van der Waals surface area contributed by atoms with Crippen LogP contribution in [0, 0.1) is 0 Å². The molecule has 0 radical (unpaired) electrons. The zero-order valence-electron chi connectivity index (χ0n) is 23.9. The Bertz CT molecular complexity index is 1200. The number of benzene rings is 2. The summed E-state index contributed by atoms with van der Waals surface area (Å²) in [5.41, 5.74) is 7.49. The lowest BCUT2D eigenvalue weighted by Gasteiger charge is -2.24. The lowest BCUT2D eigenvalue weighted by Crippen LogP contribution is -2.25. The molecule has 0 aliphatic heterocycles. The van der Waals surface area contributed by atoms with Crippen LogP contribution in [0.15, 0.2) is 43.0 Å². The lowest BCUT2D eigenvalue weighted by atomic mass is 9.86. The zero-order valence-corrected chi connectivity index (χ0v) is 24.7. The summed E-state index contributed by atoms with van der Waals surface area (Å²) in [6.07, 6.45) is 2.32.